The van der Waals surface area contributed by atoms with Crippen LogP contribution in [0.15, 0.2) is 85.2 Å². The zero-order chi connectivity index (χ0) is 25.2. The van der Waals surface area contributed by atoms with Crippen LogP contribution in [0.1, 0.15) is 11.8 Å². The Labute approximate surface area is 217 Å². The van der Waals surface area contributed by atoms with Crippen LogP contribution in [0, 0.1) is 0 Å². The van der Waals surface area contributed by atoms with Crippen LogP contribution in [0.5, 0.6) is 17.2 Å². The molecule has 7 nitrogen and oxygen atoms in total. The van der Waals surface area contributed by atoms with E-state index in [1.807, 2.05) is 42.5 Å². The molecular weight excluding hydrogens is 482 g/mol. The Bertz CT molecular complexity index is 1720. The first-order valence-corrected chi connectivity index (χ1v) is 12.7. The summed E-state index contributed by atoms with van der Waals surface area (Å²) in [5.74, 6) is 2.67. The number of thiophene rings is 1. The van der Waals surface area contributed by atoms with Gasteiger partial charge in [0.15, 0.2) is 11.6 Å². The second-order valence-electron chi connectivity index (χ2n) is 8.37. The number of aryl methyl sites for hydroxylation is 1. The highest BCUT2D eigenvalue weighted by molar-refractivity contribution is 7.15. The zero-order valence-corrected chi connectivity index (χ0v) is 21.1. The van der Waals surface area contributed by atoms with Gasteiger partial charge in [-0.1, -0.05) is 31.2 Å². The molecule has 0 radical (unpaired) electrons. The third kappa shape index (κ3) is 4.54. The van der Waals surface area contributed by atoms with Crippen molar-refractivity contribution in [2.24, 2.45) is 0 Å². The van der Waals surface area contributed by atoms with Gasteiger partial charge in [0.05, 0.1) is 23.7 Å². The van der Waals surface area contributed by atoms with E-state index in [0.29, 0.717) is 34.1 Å². The lowest BCUT2D eigenvalue weighted by Gasteiger charge is -2.12. The first-order valence-electron chi connectivity index (χ1n) is 11.9. The van der Waals surface area contributed by atoms with Crippen molar-refractivity contribution in [1.29, 1.82) is 0 Å². The number of methoxy groups -OCH3 is 1. The number of fused-ring (bicyclic) bond motifs is 2. The van der Waals surface area contributed by atoms with Gasteiger partial charge in [0.25, 0.3) is 0 Å². The molecule has 1 N–H and O–H groups in total. The summed E-state index contributed by atoms with van der Waals surface area (Å²) in [5.41, 5.74) is 3.17. The summed E-state index contributed by atoms with van der Waals surface area (Å²) in [5, 5.41) is 14.6. The van der Waals surface area contributed by atoms with Crippen molar-refractivity contribution in [2.75, 3.05) is 12.4 Å². The highest BCUT2D eigenvalue weighted by Crippen LogP contribution is 2.35. The SMILES string of the molecule is CCc1ccc(-c2nnc(Nc3ccc(Oc4ccnc5cc(OC)cnc45)cc3)c3ccccc23)s1. The Balaban J connectivity index is 1.25. The van der Waals surface area contributed by atoms with E-state index in [9.17, 15) is 0 Å². The van der Waals surface area contributed by atoms with E-state index in [1.54, 1.807) is 36.9 Å². The molecule has 2 aromatic carbocycles. The molecule has 0 spiro atoms. The molecule has 6 aromatic rings. The molecule has 0 saturated heterocycles. The van der Waals surface area contributed by atoms with Gasteiger partial charge in [-0.15, -0.1) is 21.5 Å². The standard InChI is InChI=1S/C29H23N5O2S/c1-3-21-12-13-26(37-21)27-22-6-4-5-7-23(22)29(34-33-27)32-18-8-10-19(11-9-18)36-25-14-15-30-24-16-20(35-2)17-31-28(24)25/h4-17H,3H2,1-2H3,(H,32,34). The summed E-state index contributed by atoms with van der Waals surface area (Å²) in [4.78, 5) is 11.3. The Morgan fingerprint density at radius 1 is 0.865 bits per heavy atom. The van der Waals surface area contributed by atoms with E-state index in [-0.39, 0.29) is 0 Å². The highest BCUT2D eigenvalue weighted by atomic mass is 32.1. The molecule has 4 aromatic heterocycles. The number of benzene rings is 2. The van der Waals surface area contributed by atoms with Gasteiger partial charge in [0.2, 0.25) is 0 Å². The van der Waals surface area contributed by atoms with Crippen molar-refractivity contribution in [3.05, 3.63) is 90.1 Å². The van der Waals surface area contributed by atoms with Crippen molar-refractivity contribution < 1.29 is 9.47 Å². The molecule has 0 fully saturated rings. The predicted molar refractivity (Wildman–Crippen MR) is 148 cm³/mol. The maximum Gasteiger partial charge on any atom is 0.161 e. The van der Waals surface area contributed by atoms with Gasteiger partial charge in [-0.05, 0) is 42.8 Å². The Morgan fingerprint density at radius 2 is 1.70 bits per heavy atom. The van der Waals surface area contributed by atoms with E-state index in [0.717, 1.165) is 33.5 Å². The molecule has 0 amide bonds. The van der Waals surface area contributed by atoms with Crippen LogP contribution >= 0.6 is 11.3 Å². The van der Waals surface area contributed by atoms with Gasteiger partial charge in [0, 0.05) is 39.7 Å². The van der Waals surface area contributed by atoms with Gasteiger partial charge in [-0.2, -0.15) is 0 Å². The predicted octanol–water partition coefficient (Wildman–Crippen LogP) is 7.41. The Kier molecular flexibility index (Phi) is 6.08. The summed E-state index contributed by atoms with van der Waals surface area (Å²) >= 11 is 1.76. The summed E-state index contributed by atoms with van der Waals surface area (Å²) in [6.07, 6.45) is 4.36. The van der Waals surface area contributed by atoms with Crippen LogP contribution in [0.25, 0.3) is 32.4 Å². The maximum atomic E-state index is 6.12. The van der Waals surface area contributed by atoms with Crippen molar-refractivity contribution in [3.63, 3.8) is 0 Å². The fourth-order valence-corrected chi connectivity index (χ4v) is 5.07. The monoisotopic (exact) mass is 505 g/mol. The van der Waals surface area contributed by atoms with Crippen LogP contribution in [0.4, 0.5) is 11.5 Å². The van der Waals surface area contributed by atoms with Gasteiger partial charge in [0.1, 0.15) is 22.7 Å². The number of nitrogens with one attached hydrogen (secondary N) is 1. The van der Waals surface area contributed by atoms with E-state index in [1.165, 1.54) is 4.88 Å². The number of ether oxygens (including phenoxy) is 2. The lowest BCUT2D eigenvalue weighted by Crippen LogP contribution is -1.99. The van der Waals surface area contributed by atoms with Crippen LogP contribution in [0.2, 0.25) is 0 Å². The van der Waals surface area contributed by atoms with Gasteiger partial charge >= 0.3 is 0 Å². The molecule has 6 rings (SSSR count). The molecule has 0 atom stereocenters. The quantitative estimate of drug-likeness (QED) is 0.242. The van der Waals surface area contributed by atoms with E-state index >= 15 is 0 Å². The molecule has 0 saturated carbocycles. The molecule has 4 heterocycles. The minimum atomic E-state index is 0.626. The number of nitrogens with zero attached hydrogens (tertiary/aromatic N) is 4. The number of anilines is 2. The minimum Gasteiger partial charge on any atom is -0.495 e. The molecule has 182 valence electrons. The van der Waals surface area contributed by atoms with Gasteiger partial charge in [-0.25, -0.2) is 4.98 Å². The third-order valence-electron chi connectivity index (χ3n) is 6.03. The van der Waals surface area contributed by atoms with E-state index in [4.69, 9.17) is 9.47 Å². The molecule has 0 aliphatic heterocycles. The van der Waals surface area contributed by atoms with E-state index in [2.05, 4.69) is 56.7 Å². The number of pyridine rings is 2. The average Bonchev–Trinajstić information content (AvgIpc) is 3.43. The summed E-state index contributed by atoms with van der Waals surface area (Å²) in [6.45, 7) is 2.16. The summed E-state index contributed by atoms with van der Waals surface area (Å²) < 4.78 is 11.4. The third-order valence-corrected chi connectivity index (χ3v) is 7.26. The summed E-state index contributed by atoms with van der Waals surface area (Å²) in [6, 6.07) is 23.8. The van der Waals surface area contributed by atoms with Crippen LogP contribution < -0.4 is 14.8 Å². The minimum absolute atomic E-state index is 0.626. The lowest BCUT2D eigenvalue weighted by atomic mass is 10.1. The van der Waals surface area contributed by atoms with Crippen LogP contribution in [-0.2, 0) is 6.42 Å². The first-order chi connectivity index (χ1) is 18.2. The molecule has 8 heteroatoms. The van der Waals surface area contributed by atoms with Gasteiger partial charge < -0.3 is 14.8 Å². The lowest BCUT2D eigenvalue weighted by molar-refractivity contribution is 0.413. The topological polar surface area (TPSA) is 82.1 Å². The second-order valence-corrected chi connectivity index (χ2v) is 9.53. The number of aromatic nitrogens is 4. The van der Waals surface area contributed by atoms with Crippen LogP contribution in [-0.4, -0.2) is 27.3 Å². The van der Waals surface area contributed by atoms with Crippen LogP contribution in [0.3, 0.4) is 0 Å². The Morgan fingerprint density at radius 3 is 2.49 bits per heavy atom. The van der Waals surface area contributed by atoms with Crippen molar-refractivity contribution in [2.45, 2.75) is 13.3 Å². The van der Waals surface area contributed by atoms with Crippen molar-refractivity contribution >= 4 is 44.6 Å². The van der Waals surface area contributed by atoms with Crippen molar-refractivity contribution in [3.8, 4) is 27.8 Å². The van der Waals surface area contributed by atoms with Gasteiger partial charge in [-0.3, -0.25) is 4.98 Å². The number of hydrogen-bond acceptors (Lipinski definition) is 8. The fourth-order valence-electron chi connectivity index (χ4n) is 4.12. The molecule has 37 heavy (non-hydrogen) atoms. The average molecular weight is 506 g/mol. The second kappa shape index (κ2) is 9.83. The number of rotatable bonds is 7. The molecule has 0 aliphatic rings. The van der Waals surface area contributed by atoms with E-state index < -0.39 is 0 Å². The summed E-state index contributed by atoms with van der Waals surface area (Å²) in [7, 11) is 1.60. The Hall–Kier alpha value is -4.56. The normalized spacial score (nSPS) is 11.1. The zero-order valence-electron chi connectivity index (χ0n) is 20.3. The fraction of sp³-hybridized carbons (Fsp3) is 0.103. The highest BCUT2D eigenvalue weighted by Gasteiger charge is 2.13. The molecule has 0 aliphatic carbocycles. The first kappa shape index (κ1) is 22.9. The number of hydrogen-bond donors (Lipinski definition) is 1. The molecule has 0 bridgehead atoms. The maximum absolute atomic E-state index is 6.12. The largest absolute Gasteiger partial charge is 0.495 e. The van der Waals surface area contributed by atoms with Crippen molar-refractivity contribution in [1.82, 2.24) is 20.2 Å². The molecule has 0 unspecified atom stereocenters. The smallest absolute Gasteiger partial charge is 0.161 e. The molecular formula is C29H23N5O2S.